The van der Waals surface area contributed by atoms with Crippen LogP contribution in [0.3, 0.4) is 0 Å². The first kappa shape index (κ1) is 12.8. The van der Waals surface area contributed by atoms with Crippen LogP contribution in [0.4, 0.5) is 10.5 Å². The number of imide groups is 2. The van der Waals surface area contributed by atoms with Gasteiger partial charge in [-0.05, 0) is 26.0 Å². The highest BCUT2D eigenvalue weighted by Crippen LogP contribution is 2.29. The lowest BCUT2D eigenvalue weighted by molar-refractivity contribution is -0.140. The third-order valence-electron chi connectivity index (χ3n) is 2.99. The molecule has 0 radical (unpaired) electrons. The van der Waals surface area contributed by atoms with E-state index in [4.69, 9.17) is 5.26 Å². The zero-order chi connectivity index (χ0) is 14.2. The molecule has 0 unspecified atom stereocenters. The molecule has 0 aliphatic carbocycles. The van der Waals surface area contributed by atoms with E-state index in [1.807, 2.05) is 6.07 Å². The van der Waals surface area contributed by atoms with Crippen LogP contribution in [-0.2, 0) is 9.59 Å². The summed E-state index contributed by atoms with van der Waals surface area (Å²) in [7, 11) is 0. The molecule has 19 heavy (non-hydrogen) atoms. The molecule has 1 aromatic rings. The van der Waals surface area contributed by atoms with Gasteiger partial charge < -0.3 is 0 Å². The summed E-state index contributed by atoms with van der Waals surface area (Å²) in [6.45, 7) is 2.86. The number of hydrogen-bond donors (Lipinski definition) is 1. The van der Waals surface area contributed by atoms with Crippen molar-refractivity contribution in [3.63, 3.8) is 0 Å². The van der Waals surface area contributed by atoms with Crippen LogP contribution in [0, 0.1) is 16.7 Å². The predicted molar refractivity (Wildman–Crippen MR) is 66.0 cm³/mol. The molecule has 4 amide bonds. The second-order valence-electron chi connectivity index (χ2n) is 4.65. The van der Waals surface area contributed by atoms with Gasteiger partial charge in [-0.15, -0.1) is 0 Å². The Morgan fingerprint density at radius 3 is 2.47 bits per heavy atom. The second kappa shape index (κ2) is 4.21. The van der Waals surface area contributed by atoms with E-state index in [1.165, 1.54) is 26.0 Å². The first-order chi connectivity index (χ1) is 8.89. The molecule has 1 N–H and O–H groups in total. The largest absolute Gasteiger partial charge is 0.335 e. The number of urea groups is 1. The molecule has 6 heteroatoms. The number of hydrogen-bond acceptors (Lipinski definition) is 4. The Labute approximate surface area is 109 Å². The summed E-state index contributed by atoms with van der Waals surface area (Å²) < 4.78 is 0. The molecule has 1 heterocycles. The zero-order valence-electron chi connectivity index (χ0n) is 10.4. The van der Waals surface area contributed by atoms with Crippen molar-refractivity contribution >= 4 is 23.5 Å². The van der Waals surface area contributed by atoms with E-state index in [9.17, 15) is 14.4 Å². The van der Waals surface area contributed by atoms with Gasteiger partial charge in [0.2, 0.25) is 11.8 Å². The molecule has 96 valence electrons. The summed E-state index contributed by atoms with van der Waals surface area (Å²) in [5, 5.41) is 11.1. The fourth-order valence-corrected chi connectivity index (χ4v) is 1.76. The summed E-state index contributed by atoms with van der Waals surface area (Å²) in [5.41, 5.74) is -0.986. The predicted octanol–water partition coefficient (Wildman–Crippen LogP) is 1.17. The van der Waals surface area contributed by atoms with Crippen LogP contribution in [0.1, 0.15) is 19.4 Å². The third kappa shape index (κ3) is 1.85. The summed E-state index contributed by atoms with van der Waals surface area (Å²) in [6.07, 6.45) is 0. The normalized spacial score (nSPS) is 17.9. The van der Waals surface area contributed by atoms with Gasteiger partial charge in [0.25, 0.3) is 0 Å². The first-order valence-corrected chi connectivity index (χ1v) is 5.58. The SMILES string of the molecule is CC1(C)C(=O)NC(=O)N(c2ccccc2C#N)C1=O. The minimum Gasteiger partial charge on any atom is -0.276 e. The second-order valence-corrected chi connectivity index (χ2v) is 4.65. The minimum absolute atomic E-state index is 0.174. The monoisotopic (exact) mass is 257 g/mol. The summed E-state index contributed by atoms with van der Waals surface area (Å²) in [4.78, 5) is 36.6. The van der Waals surface area contributed by atoms with Crippen LogP contribution in [0.5, 0.6) is 0 Å². The molecule has 1 fully saturated rings. The van der Waals surface area contributed by atoms with Crippen LogP contribution in [0.25, 0.3) is 0 Å². The van der Waals surface area contributed by atoms with E-state index in [1.54, 1.807) is 12.1 Å². The van der Waals surface area contributed by atoms with Gasteiger partial charge in [0, 0.05) is 0 Å². The van der Waals surface area contributed by atoms with Crippen molar-refractivity contribution in [3.05, 3.63) is 29.8 Å². The van der Waals surface area contributed by atoms with Crippen LogP contribution in [-0.4, -0.2) is 17.8 Å². The van der Waals surface area contributed by atoms with Gasteiger partial charge in [-0.25, -0.2) is 9.69 Å². The van der Waals surface area contributed by atoms with Crippen molar-refractivity contribution in [1.29, 1.82) is 5.26 Å². The van der Waals surface area contributed by atoms with Gasteiger partial charge >= 0.3 is 6.03 Å². The van der Waals surface area contributed by atoms with Gasteiger partial charge in [0.05, 0.1) is 11.3 Å². The molecular weight excluding hydrogens is 246 g/mol. The van der Waals surface area contributed by atoms with Gasteiger partial charge in [-0.2, -0.15) is 5.26 Å². The van der Waals surface area contributed by atoms with Crippen molar-refractivity contribution in [2.45, 2.75) is 13.8 Å². The van der Waals surface area contributed by atoms with Gasteiger partial charge in [-0.3, -0.25) is 14.9 Å². The quantitative estimate of drug-likeness (QED) is 0.764. The number of benzene rings is 1. The summed E-state index contributed by atoms with van der Waals surface area (Å²) in [6, 6.07) is 7.31. The highest BCUT2D eigenvalue weighted by molar-refractivity contribution is 6.29. The Kier molecular flexibility index (Phi) is 2.83. The highest BCUT2D eigenvalue weighted by Gasteiger charge is 2.48. The summed E-state index contributed by atoms with van der Waals surface area (Å²) in [5.74, 6) is -1.29. The van der Waals surface area contributed by atoms with Crippen molar-refractivity contribution in [2.75, 3.05) is 4.90 Å². The first-order valence-electron chi connectivity index (χ1n) is 5.58. The number of rotatable bonds is 1. The molecule has 0 saturated carbocycles. The molecule has 6 nitrogen and oxygen atoms in total. The van der Waals surface area contributed by atoms with Gasteiger partial charge in [0.1, 0.15) is 11.5 Å². The van der Waals surface area contributed by atoms with Crippen LogP contribution >= 0.6 is 0 Å². The van der Waals surface area contributed by atoms with Crippen LogP contribution in [0.15, 0.2) is 24.3 Å². The smallest absolute Gasteiger partial charge is 0.276 e. The highest BCUT2D eigenvalue weighted by atomic mass is 16.2. The molecule has 0 bridgehead atoms. The maximum atomic E-state index is 12.3. The molecule has 0 aromatic heterocycles. The van der Waals surface area contributed by atoms with Crippen molar-refractivity contribution in [3.8, 4) is 6.07 Å². The molecule has 0 spiro atoms. The number of nitriles is 1. The topological polar surface area (TPSA) is 90.3 Å². The number of nitrogens with zero attached hydrogens (tertiary/aromatic N) is 2. The van der Waals surface area contributed by atoms with Crippen LogP contribution in [0.2, 0.25) is 0 Å². The number of carbonyl (C=O) groups is 3. The lowest BCUT2D eigenvalue weighted by Gasteiger charge is -2.34. The fraction of sp³-hybridized carbons (Fsp3) is 0.231. The van der Waals surface area contributed by atoms with E-state index in [2.05, 4.69) is 5.32 Å². The molecule has 0 atom stereocenters. The molecule has 1 aromatic carbocycles. The standard InChI is InChI=1S/C13H11N3O3/c1-13(2)10(17)15-12(19)16(11(13)18)9-6-4-3-5-8(9)7-14/h3-6H,1-2H3,(H,15,17,19). The Hall–Kier alpha value is -2.68. The molecular formula is C13H11N3O3. The molecule has 2 rings (SSSR count). The van der Waals surface area contributed by atoms with Crippen molar-refractivity contribution in [1.82, 2.24) is 5.32 Å². The Morgan fingerprint density at radius 2 is 1.84 bits per heavy atom. The van der Waals surface area contributed by atoms with E-state index in [0.29, 0.717) is 0 Å². The fourth-order valence-electron chi connectivity index (χ4n) is 1.76. The third-order valence-corrected chi connectivity index (χ3v) is 2.99. The lowest BCUT2D eigenvalue weighted by Crippen LogP contribution is -2.62. The lowest BCUT2D eigenvalue weighted by atomic mass is 9.88. The van der Waals surface area contributed by atoms with Gasteiger partial charge in [-0.1, -0.05) is 12.1 Å². The minimum atomic E-state index is -1.35. The number of anilines is 1. The summed E-state index contributed by atoms with van der Waals surface area (Å²) >= 11 is 0. The molecule has 1 saturated heterocycles. The Bertz CT molecular complexity index is 628. The van der Waals surface area contributed by atoms with Crippen LogP contribution < -0.4 is 10.2 Å². The maximum Gasteiger partial charge on any atom is 0.335 e. The van der Waals surface area contributed by atoms with Gasteiger partial charge in [0.15, 0.2) is 0 Å². The number of amides is 4. The van der Waals surface area contributed by atoms with Crippen molar-refractivity contribution < 1.29 is 14.4 Å². The number of carbonyl (C=O) groups excluding carboxylic acids is 3. The Morgan fingerprint density at radius 1 is 1.21 bits per heavy atom. The maximum absolute atomic E-state index is 12.3. The number of para-hydroxylation sites is 1. The average molecular weight is 257 g/mol. The van der Waals surface area contributed by atoms with Crippen molar-refractivity contribution in [2.24, 2.45) is 5.41 Å². The Balaban J connectivity index is 2.56. The van der Waals surface area contributed by atoms with E-state index in [0.717, 1.165) is 4.90 Å². The number of nitrogens with one attached hydrogen (secondary N) is 1. The van der Waals surface area contributed by atoms with E-state index >= 15 is 0 Å². The zero-order valence-corrected chi connectivity index (χ0v) is 10.4. The number of barbiturate groups is 1. The molecule has 1 aliphatic heterocycles. The van der Waals surface area contributed by atoms with E-state index in [-0.39, 0.29) is 11.3 Å². The average Bonchev–Trinajstić information content (AvgIpc) is 2.37. The molecule has 1 aliphatic rings. The van der Waals surface area contributed by atoms with E-state index < -0.39 is 23.3 Å².